The summed E-state index contributed by atoms with van der Waals surface area (Å²) >= 11 is 3.34. The number of aromatic amines is 1. The number of halogens is 1. The molecule has 5 heteroatoms. The molecule has 15 heavy (non-hydrogen) atoms. The summed E-state index contributed by atoms with van der Waals surface area (Å²) in [6, 6.07) is 9.27. The van der Waals surface area contributed by atoms with Crippen LogP contribution < -0.4 is 5.73 Å². The zero-order valence-corrected chi connectivity index (χ0v) is 9.28. The number of amides is 1. The lowest BCUT2D eigenvalue weighted by Gasteiger charge is -1.94. The lowest BCUT2D eigenvalue weighted by atomic mass is 10.1. The predicted octanol–water partition coefficient (Wildman–Crippen LogP) is 1.94. The Morgan fingerprint density at radius 3 is 2.53 bits per heavy atom. The molecule has 0 saturated heterocycles. The Bertz CT molecular complexity index is 490. The van der Waals surface area contributed by atoms with Gasteiger partial charge in [-0.3, -0.25) is 9.89 Å². The quantitative estimate of drug-likeness (QED) is 0.871. The van der Waals surface area contributed by atoms with Gasteiger partial charge in [0.15, 0.2) is 0 Å². The number of H-pyrrole nitrogens is 1. The van der Waals surface area contributed by atoms with Crippen molar-refractivity contribution in [1.82, 2.24) is 10.2 Å². The van der Waals surface area contributed by atoms with Crippen molar-refractivity contribution in [3.05, 3.63) is 40.5 Å². The highest BCUT2D eigenvalue weighted by molar-refractivity contribution is 9.10. The molecule has 0 unspecified atom stereocenters. The molecule has 0 aliphatic heterocycles. The van der Waals surface area contributed by atoms with E-state index in [0.717, 1.165) is 10.0 Å². The highest BCUT2D eigenvalue weighted by Gasteiger charge is 2.06. The molecule has 0 atom stereocenters. The zero-order chi connectivity index (χ0) is 10.8. The molecule has 1 amide bonds. The van der Waals surface area contributed by atoms with E-state index in [1.165, 1.54) is 0 Å². The molecule has 2 rings (SSSR count). The molecule has 1 aromatic carbocycles. The molecular formula is C10H8BrN3O. The van der Waals surface area contributed by atoms with E-state index in [2.05, 4.69) is 26.1 Å². The third-order valence-electron chi connectivity index (χ3n) is 1.98. The number of benzene rings is 1. The summed E-state index contributed by atoms with van der Waals surface area (Å²) in [5, 5.41) is 6.58. The van der Waals surface area contributed by atoms with Crippen molar-refractivity contribution in [1.29, 1.82) is 0 Å². The normalized spacial score (nSPS) is 10.2. The van der Waals surface area contributed by atoms with E-state index in [4.69, 9.17) is 5.73 Å². The van der Waals surface area contributed by atoms with Gasteiger partial charge in [0.2, 0.25) is 0 Å². The molecular weight excluding hydrogens is 258 g/mol. The van der Waals surface area contributed by atoms with Gasteiger partial charge in [0, 0.05) is 10.0 Å². The standard InChI is InChI=1S/C10H8BrN3O/c11-7-3-1-6(2-4-7)8-5-9(10(12)15)14-13-8/h1-5H,(H2,12,15)(H,13,14). The number of hydrogen-bond acceptors (Lipinski definition) is 2. The van der Waals surface area contributed by atoms with Crippen LogP contribution in [0.3, 0.4) is 0 Å². The second kappa shape index (κ2) is 3.86. The Morgan fingerprint density at radius 1 is 1.33 bits per heavy atom. The fraction of sp³-hybridized carbons (Fsp3) is 0. The summed E-state index contributed by atoms with van der Waals surface area (Å²) in [5.41, 5.74) is 7.06. The van der Waals surface area contributed by atoms with Gasteiger partial charge >= 0.3 is 0 Å². The van der Waals surface area contributed by atoms with Crippen molar-refractivity contribution in [2.24, 2.45) is 5.73 Å². The minimum absolute atomic E-state index is 0.313. The van der Waals surface area contributed by atoms with E-state index in [9.17, 15) is 4.79 Å². The molecule has 1 heterocycles. The van der Waals surface area contributed by atoms with Crippen molar-refractivity contribution < 1.29 is 4.79 Å². The van der Waals surface area contributed by atoms with Gasteiger partial charge in [-0.05, 0) is 18.2 Å². The second-order valence-electron chi connectivity index (χ2n) is 3.04. The van der Waals surface area contributed by atoms with Crippen molar-refractivity contribution in [2.75, 3.05) is 0 Å². The van der Waals surface area contributed by atoms with Crippen molar-refractivity contribution in [3.8, 4) is 11.3 Å². The highest BCUT2D eigenvalue weighted by atomic mass is 79.9. The second-order valence-corrected chi connectivity index (χ2v) is 3.95. The molecule has 0 bridgehead atoms. The number of nitrogens with two attached hydrogens (primary N) is 1. The predicted molar refractivity (Wildman–Crippen MR) is 60.2 cm³/mol. The Labute approximate surface area is 94.6 Å². The third-order valence-corrected chi connectivity index (χ3v) is 2.51. The number of carbonyl (C=O) groups is 1. The minimum atomic E-state index is -0.508. The zero-order valence-electron chi connectivity index (χ0n) is 7.70. The first-order valence-electron chi connectivity index (χ1n) is 4.28. The van der Waals surface area contributed by atoms with Gasteiger partial charge in [-0.1, -0.05) is 28.1 Å². The van der Waals surface area contributed by atoms with E-state index >= 15 is 0 Å². The first-order chi connectivity index (χ1) is 7.16. The minimum Gasteiger partial charge on any atom is -0.364 e. The van der Waals surface area contributed by atoms with Crippen LogP contribution in [0.5, 0.6) is 0 Å². The Balaban J connectivity index is 2.37. The van der Waals surface area contributed by atoms with Crippen LogP contribution >= 0.6 is 15.9 Å². The van der Waals surface area contributed by atoms with Crippen LogP contribution in [0, 0.1) is 0 Å². The van der Waals surface area contributed by atoms with Crippen molar-refractivity contribution in [2.45, 2.75) is 0 Å². The fourth-order valence-electron chi connectivity index (χ4n) is 1.22. The first kappa shape index (κ1) is 9.92. The van der Waals surface area contributed by atoms with Crippen molar-refractivity contribution >= 4 is 21.8 Å². The number of rotatable bonds is 2. The molecule has 0 saturated carbocycles. The van der Waals surface area contributed by atoms with Crippen LogP contribution in [0.4, 0.5) is 0 Å². The fourth-order valence-corrected chi connectivity index (χ4v) is 1.48. The molecule has 3 N–H and O–H groups in total. The van der Waals surface area contributed by atoms with Crippen LogP contribution in [-0.4, -0.2) is 16.1 Å². The number of hydrogen-bond donors (Lipinski definition) is 2. The average Bonchev–Trinajstić information content (AvgIpc) is 2.68. The van der Waals surface area contributed by atoms with E-state index in [0.29, 0.717) is 11.4 Å². The van der Waals surface area contributed by atoms with E-state index < -0.39 is 5.91 Å². The monoisotopic (exact) mass is 265 g/mol. The maximum atomic E-state index is 10.8. The molecule has 0 fully saturated rings. The summed E-state index contributed by atoms with van der Waals surface area (Å²) in [4.78, 5) is 10.8. The largest absolute Gasteiger partial charge is 0.364 e. The van der Waals surface area contributed by atoms with Gasteiger partial charge in [0.25, 0.3) is 5.91 Å². The molecule has 0 radical (unpaired) electrons. The SMILES string of the molecule is NC(=O)c1cc(-c2ccc(Br)cc2)n[nH]1. The van der Waals surface area contributed by atoms with Crippen molar-refractivity contribution in [3.63, 3.8) is 0 Å². The molecule has 76 valence electrons. The maximum absolute atomic E-state index is 10.8. The van der Waals surface area contributed by atoms with Gasteiger partial charge in [-0.15, -0.1) is 0 Å². The number of nitrogens with zero attached hydrogens (tertiary/aromatic N) is 1. The number of nitrogens with one attached hydrogen (secondary N) is 1. The third kappa shape index (κ3) is 2.07. The summed E-state index contributed by atoms with van der Waals surface area (Å²) < 4.78 is 0.997. The van der Waals surface area contributed by atoms with Gasteiger partial charge < -0.3 is 5.73 Å². The topological polar surface area (TPSA) is 71.8 Å². The van der Waals surface area contributed by atoms with Crippen LogP contribution in [0.1, 0.15) is 10.5 Å². The number of primary amides is 1. The summed E-state index contributed by atoms with van der Waals surface area (Å²) in [6.07, 6.45) is 0. The molecule has 1 aromatic heterocycles. The van der Waals surface area contributed by atoms with Crippen LogP contribution in [0.15, 0.2) is 34.8 Å². The number of aromatic nitrogens is 2. The molecule has 4 nitrogen and oxygen atoms in total. The summed E-state index contributed by atoms with van der Waals surface area (Å²) in [6.45, 7) is 0. The Hall–Kier alpha value is -1.62. The van der Waals surface area contributed by atoms with Gasteiger partial charge in [0.05, 0.1) is 5.69 Å². The van der Waals surface area contributed by atoms with Gasteiger partial charge in [-0.2, -0.15) is 5.10 Å². The van der Waals surface area contributed by atoms with E-state index in [1.807, 2.05) is 24.3 Å². The van der Waals surface area contributed by atoms with Crippen LogP contribution in [0.2, 0.25) is 0 Å². The Morgan fingerprint density at radius 2 is 2.00 bits per heavy atom. The van der Waals surface area contributed by atoms with Crippen LogP contribution in [-0.2, 0) is 0 Å². The lowest BCUT2D eigenvalue weighted by Crippen LogP contribution is -2.10. The lowest BCUT2D eigenvalue weighted by molar-refractivity contribution is 0.0995. The number of carbonyl (C=O) groups excluding carboxylic acids is 1. The first-order valence-corrected chi connectivity index (χ1v) is 5.07. The smallest absolute Gasteiger partial charge is 0.266 e. The molecule has 2 aromatic rings. The summed E-state index contributed by atoms with van der Waals surface area (Å²) in [5.74, 6) is -0.508. The van der Waals surface area contributed by atoms with E-state index in [1.54, 1.807) is 6.07 Å². The van der Waals surface area contributed by atoms with Gasteiger partial charge in [0.1, 0.15) is 5.69 Å². The summed E-state index contributed by atoms with van der Waals surface area (Å²) in [7, 11) is 0. The van der Waals surface area contributed by atoms with E-state index in [-0.39, 0.29) is 0 Å². The highest BCUT2D eigenvalue weighted by Crippen LogP contribution is 2.20. The molecule has 0 aliphatic rings. The Kier molecular flexibility index (Phi) is 2.55. The van der Waals surface area contributed by atoms with Gasteiger partial charge in [-0.25, -0.2) is 0 Å². The molecule has 0 spiro atoms. The average molecular weight is 266 g/mol. The maximum Gasteiger partial charge on any atom is 0.266 e. The molecule has 0 aliphatic carbocycles. The van der Waals surface area contributed by atoms with Crippen LogP contribution in [0.25, 0.3) is 11.3 Å².